The Bertz CT molecular complexity index is 481. The largest absolute Gasteiger partial charge is 0.384 e. The van der Waals surface area contributed by atoms with Crippen LogP contribution in [0.4, 0.5) is 5.69 Å². The maximum atomic E-state index is 12.9. The number of hydrogen-bond acceptors (Lipinski definition) is 3. The van der Waals surface area contributed by atoms with Gasteiger partial charge in [-0.1, -0.05) is 18.2 Å². The van der Waals surface area contributed by atoms with Crippen LogP contribution in [0.3, 0.4) is 0 Å². The summed E-state index contributed by atoms with van der Waals surface area (Å²) < 4.78 is 5.31. The van der Waals surface area contributed by atoms with Crippen molar-refractivity contribution in [3.8, 4) is 0 Å². The highest BCUT2D eigenvalue weighted by molar-refractivity contribution is 5.99. The molecule has 19 heavy (non-hydrogen) atoms. The van der Waals surface area contributed by atoms with Gasteiger partial charge in [0.25, 0.3) is 0 Å². The molecule has 0 bridgehead atoms. The summed E-state index contributed by atoms with van der Waals surface area (Å²) in [5, 5.41) is 3.30. The third-order valence-corrected chi connectivity index (χ3v) is 4.25. The Morgan fingerprint density at radius 2 is 2.32 bits per heavy atom. The standard InChI is InChI=1S/C15H20N2O2/c1-19-11-15(7-8-16-10-15)14(18)17-9-6-12-4-2-3-5-13(12)17/h2-5,16H,6-11H2,1H3/t15-/m1/s1. The van der Waals surface area contributed by atoms with Crippen LogP contribution in [0.5, 0.6) is 0 Å². The number of nitrogens with one attached hydrogen (secondary N) is 1. The van der Waals surface area contributed by atoms with Gasteiger partial charge in [-0.05, 0) is 31.0 Å². The summed E-state index contributed by atoms with van der Waals surface area (Å²) in [6, 6.07) is 8.19. The second kappa shape index (κ2) is 4.94. The number of benzene rings is 1. The highest BCUT2D eigenvalue weighted by atomic mass is 16.5. The maximum Gasteiger partial charge on any atom is 0.236 e. The number of anilines is 1. The fourth-order valence-electron chi connectivity index (χ4n) is 3.22. The van der Waals surface area contributed by atoms with E-state index in [2.05, 4.69) is 11.4 Å². The second-order valence-corrected chi connectivity index (χ2v) is 5.48. The average molecular weight is 260 g/mol. The Hall–Kier alpha value is -1.39. The molecule has 4 heteroatoms. The van der Waals surface area contributed by atoms with Crippen LogP contribution < -0.4 is 10.2 Å². The minimum atomic E-state index is -0.383. The van der Waals surface area contributed by atoms with Gasteiger partial charge in [0, 0.05) is 25.9 Å². The SMILES string of the molecule is COC[C@@]1(C(=O)N2CCc3ccccc32)CCNC1. The van der Waals surface area contributed by atoms with Crippen LogP contribution in [0.1, 0.15) is 12.0 Å². The number of amides is 1. The van der Waals surface area contributed by atoms with E-state index >= 15 is 0 Å². The molecule has 2 aliphatic rings. The predicted octanol–water partition coefficient (Wildman–Crippen LogP) is 1.20. The number of rotatable bonds is 3. The minimum Gasteiger partial charge on any atom is -0.384 e. The van der Waals surface area contributed by atoms with Crippen molar-refractivity contribution < 1.29 is 9.53 Å². The monoisotopic (exact) mass is 260 g/mol. The molecule has 2 aliphatic heterocycles. The Morgan fingerprint density at radius 3 is 3.05 bits per heavy atom. The first-order valence-corrected chi connectivity index (χ1v) is 6.86. The van der Waals surface area contributed by atoms with Crippen molar-refractivity contribution in [2.75, 3.05) is 38.3 Å². The molecule has 0 aromatic heterocycles. The highest BCUT2D eigenvalue weighted by Crippen LogP contribution is 2.35. The predicted molar refractivity (Wildman–Crippen MR) is 74.3 cm³/mol. The molecule has 4 nitrogen and oxygen atoms in total. The fourth-order valence-corrected chi connectivity index (χ4v) is 3.22. The molecule has 1 amide bonds. The topological polar surface area (TPSA) is 41.6 Å². The number of hydrogen-bond donors (Lipinski definition) is 1. The maximum absolute atomic E-state index is 12.9. The van der Waals surface area contributed by atoms with Crippen molar-refractivity contribution in [1.82, 2.24) is 5.32 Å². The smallest absolute Gasteiger partial charge is 0.236 e. The summed E-state index contributed by atoms with van der Waals surface area (Å²) in [7, 11) is 1.67. The Morgan fingerprint density at radius 1 is 1.47 bits per heavy atom. The molecule has 0 radical (unpaired) electrons. The molecule has 0 saturated carbocycles. The van der Waals surface area contributed by atoms with Gasteiger partial charge in [-0.2, -0.15) is 0 Å². The molecular weight excluding hydrogens is 240 g/mol. The van der Waals surface area contributed by atoms with Crippen LogP contribution in [0.2, 0.25) is 0 Å². The Labute approximate surface area is 113 Å². The lowest BCUT2D eigenvalue weighted by atomic mass is 9.86. The molecule has 0 aliphatic carbocycles. The third kappa shape index (κ3) is 2.05. The zero-order valence-electron chi connectivity index (χ0n) is 11.3. The summed E-state index contributed by atoms with van der Waals surface area (Å²) in [6.07, 6.45) is 1.82. The van der Waals surface area contributed by atoms with E-state index in [0.717, 1.165) is 38.2 Å². The lowest BCUT2D eigenvalue weighted by Crippen LogP contribution is -2.47. The van der Waals surface area contributed by atoms with Gasteiger partial charge < -0.3 is 15.0 Å². The number of nitrogens with zero attached hydrogens (tertiary/aromatic N) is 1. The molecule has 1 aromatic carbocycles. The van der Waals surface area contributed by atoms with Crippen molar-refractivity contribution in [3.05, 3.63) is 29.8 Å². The zero-order valence-corrected chi connectivity index (χ0v) is 11.3. The van der Waals surface area contributed by atoms with Gasteiger partial charge >= 0.3 is 0 Å². The second-order valence-electron chi connectivity index (χ2n) is 5.48. The number of ether oxygens (including phenoxy) is 1. The van der Waals surface area contributed by atoms with Crippen LogP contribution >= 0.6 is 0 Å². The molecule has 1 aromatic rings. The van der Waals surface area contributed by atoms with E-state index in [1.165, 1.54) is 5.56 Å². The van der Waals surface area contributed by atoms with Gasteiger partial charge in [0.05, 0.1) is 12.0 Å². The number of fused-ring (bicyclic) bond motifs is 1. The number of carbonyl (C=O) groups excluding carboxylic acids is 1. The van der Waals surface area contributed by atoms with E-state index < -0.39 is 0 Å². The first-order chi connectivity index (χ1) is 9.27. The van der Waals surface area contributed by atoms with Gasteiger partial charge in [0.15, 0.2) is 0 Å². The molecule has 0 unspecified atom stereocenters. The Balaban J connectivity index is 1.88. The van der Waals surface area contributed by atoms with Crippen molar-refractivity contribution in [1.29, 1.82) is 0 Å². The van der Waals surface area contributed by atoms with Gasteiger partial charge in [-0.25, -0.2) is 0 Å². The van der Waals surface area contributed by atoms with E-state index in [0.29, 0.717) is 6.61 Å². The Kier molecular flexibility index (Phi) is 3.29. The van der Waals surface area contributed by atoms with Crippen molar-refractivity contribution >= 4 is 11.6 Å². The van der Waals surface area contributed by atoms with E-state index in [-0.39, 0.29) is 11.3 Å². The summed E-state index contributed by atoms with van der Waals surface area (Å²) >= 11 is 0. The molecule has 1 atom stereocenters. The van der Waals surface area contributed by atoms with E-state index in [4.69, 9.17) is 4.74 Å². The molecule has 1 fully saturated rings. The van der Waals surface area contributed by atoms with Crippen LogP contribution in [0, 0.1) is 5.41 Å². The van der Waals surface area contributed by atoms with Crippen LogP contribution in [-0.2, 0) is 16.0 Å². The average Bonchev–Trinajstić information content (AvgIpc) is 3.05. The number of methoxy groups -OCH3 is 1. The van der Waals surface area contributed by atoms with Crippen LogP contribution in [0.15, 0.2) is 24.3 Å². The van der Waals surface area contributed by atoms with Crippen LogP contribution in [-0.4, -0.2) is 39.3 Å². The third-order valence-electron chi connectivity index (χ3n) is 4.25. The molecule has 1 saturated heterocycles. The van der Waals surface area contributed by atoms with Gasteiger partial charge in [0.1, 0.15) is 0 Å². The molecule has 2 heterocycles. The fraction of sp³-hybridized carbons (Fsp3) is 0.533. The van der Waals surface area contributed by atoms with Gasteiger partial charge in [0.2, 0.25) is 5.91 Å². The molecule has 3 rings (SSSR count). The van der Waals surface area contributed by atoms with Gasteiger partial charge in [-0.3, -0.25) is 4.79 Å². The highest BCUT2D eigenvalue weighted by Gasteiger charge is 2.45. The molecule has 0 spiro atoms. The van der Waals surface area contributed by atoms with Crippen molar-refractivity contribution in [2.45, 2.75) is 12.8 Å². The summed E-state index contributed by atoms with van der Waals surface area (Å²) in [4.78, 5) is 14.9. The normalized spacial score (nSPS) is 25.6. The van der Waals surface area contributed by atoms with Crippen molar-refractivity contribution in [2.24, 2.45) is 5.41 Å². The molecule has 1 N–H and O–H groups in total. The zero-order chi connectivity index (χ0) is 13.3. The van der Waals surface area contributed by atoms with E-state index in [9.17, 15) is 4.79 Å². The van der Waals surface area contributed by atoms with Crippen molar-refractivity contribution in [3.63, 3.8) is 0 Å². The summed E-state index contributed by atoms with van der Waals surface area (Å²) in [5.74, 6) is 0.212. The minimum absolute atomic E-state index is 0.212. The lowest BCUT2D eigenvalue weighted by Gasteiger charge is -2.31. The number of carbonyl (C=O) groups is 1. The number of para-hydroxylation sites is 1. The lowest BCUT2D eigenvalue weighted by molar-refractivity contribution is -0.130. The first kappa shape index (κ1) is 12.6. The van der Waals surface area contributed by atoms with Gasteiger partial charge in [-0.15, -0.1) is 0 Å². The van der Waals surface area contributed by atoms with E-state index in [1.54, 1.807) is 7.11 Å². The summed E-state index contributed by atoms with van der Waals surface area (Å²) in [5.41, 5.74) is 1.97. The quantitative estimate of drug-likeness (QED) is 0.888. The van der Waals surface area contributed by atoms with Crippen LogP contribution in [0.25, 0.3) is 0 Å². The first-order valence-electron chi connectivity index (χ1n) is 6.86. The molecular formula is C15H20N2O2. The molecule has 102 valence electrons. The summed E-state index contributed by atoms with van der Waals surface area (Å²) in [6.45, 7) is 2.91. The van der Waals surface area contributed by atoms with E-state index in [1.807, 2.05) is 23.1 Å².